The second kappa shape index (κ2) is 10.3. The molecule has 8 nitrogen and oxygen atoms in total. The zero-order valence-corrected chi connectivity index (χ0v) is 22.7. The van der Waals surface area contributed by atoms with Crippen LogP contribution in [0.15, 0.2) is 36.0 Å². The minimum absolute atomic E-state index is 0.0821. The van der Waals surface area contributed by atoms with E-state index < -0.39 is 38.4 Å². The number of hydrogen-bond acceptors (Lipinski definition) is 5. The lowest BCUT2D eigenvalue weighted by Crippen LogP contribution is -2.51. The highest BCUT2D eigenvalue weighted by atomic mass is 32.2. The molecule has 0 unspecified atom stereocenters. The van der Waals surface area contributed by atoms with Crippen LogP contribution in [0.5, 0.6) is 0 Å². The summed E-state index contributed by atoms with van der Waals surface area (Å²) in [6, 6.07) is 7.09. The Morgan fingerprint density at radius 3 is 2.61 bits per heavy atom. The second-order valence-electron chi connectivity index (χ2n) is 11.0. The predicted molar refractivity (Wildman–Crippen MR) is 142 cm³/mol. The van der Waals surface area contributed by atoms with Gasteiger partial charge in [-0.2, -0.15) is 5.10 Å². The predicted octanol–water partition coefficient (Wildman–Crippen LogP) is 4.28. The van der Waals surface area contributed by atoms with Crippen LogP contribution in [0.4, 0.5) is 4.39 Å². The average molecular weight is 543 g/mol. The van der Waals surface area contributed by atoms with E-state index >= 15 is 4.39 Å². The van der Waals surface area contributed by atoms with E-state index in [-0.39, 0.29) is 18.0 Å². The molecule has 0 saturated heterocycles. The first kappa shape index (κ1) is 26.6. The summed E-state index contributed by atoms with van der Waals surface area (Å²) in [5, 5.41) is 6.85. The normalized spacial score (nSPS) is 22.2. The number of aromatic nitrogens is 2. The van der Waals surface area contributed by atoms with Crippen molar-refractivity contribution in [3.63, 3.8) is 0 Å². The molecule has 1 aromatic heterocycles. The molecule has 10 heteroatoms. The summed E-state index contributed by atoms with van der Waals surface area (Å²) in [4.78, 5) is 26.7. The number of carbonyl (C=O) groups excluding carboxylic acids is 2. The molecule has 2 N–H and O–H groups in total. The first-order valence-electron chi connectivity index (χ1n) is 13.6. The third kappa shape index (κ3) is 5.28. The Labute approximate surface area is 223 Å². The smallest absolute Gasteiger partial charge is 0.270 e. The van der Waals surface area contributed by atoms with Crippen molar-refractivity contribution in [3.05, 3.63) is 58.7 Å². The molecule has 1 aromatic carbocycles. The van der Waals surface area contributed by atoms with Gasteiger partial charge in [-0.1, -0.05) is 31.9 Å². The third-order valence-corrected chi connectivity index (χ3v) is 9.76. The topological polar surface area (TPSA) is 110 Å². The van der Waals surface area contributed by atoms with Crippen LogP contribution in [0.3, 0.4) is 0 Å². The summed E-state index contributed by atoms with van der Waals surface area (Å²) in [5.41, 5.74) is 0.490. The van der Waals surface area contributed by atoms with Crippen molar-refractivity contribution < 1.29 is 22.4 Å². The van der Waals surface area contributed by atoms with E-state index in [4.69, 9.17) is 0 Å². The van der Waals surface area contributed by atoms with Gasteiger partial charge in [-0.3, -0.25) is 14.3 Å². The van der Waals surface area contributed by atoms with Crippen molar-refractivity contribution in [1.82, 2.24) is 19.8 Å². The van der Waals surface area contributed by atoms with E-state index in [0.29, 0.717) is 29.7 Å². The van der Waals surface area contributed by atoms with Gasteiger partial charge in [0.15, 0.2) is 0 Å². The molecule has 1 aliphatic heterocycles. The number of aryl methyl sites for hydroxylation is 1. The van der Waals surface area contributed by atoms with Crippen LogP contribution in [-0.2, 0) is 31.6 Å². The van der Waals surface area contributed by atoms with Gasteiger partial charge in [0.05, 0.1) is 22.5 Å². The second-order valence-corrected chi connectivity index (χ2v) is 13.0. The lowest BCUT2D eigenvalue weighted by atomic mass is 9.79. The first-order chi connectivity index (χ1) is 18.1. The molecule has 0 radical (unpaired) electrons. The largest absolute Gasteiger partial charge is 0.342 e. The van der Waals surface area contributed by atoms with Crippen molar-refractivity contribution in [3.8, 4) is 0 Å². The molecule has 1 atom stereocenters. The molecule has 2 heterocycles. The van der Waals surface area contributed by atoms with Gasteiger partial charge in [0.1, 0.15) is 11.4 Å². The zero-order valence-electron chi connectivity index (χ0n) is 21.9. The Balaban J connectivity index is 1.50. The fourth-order valence-electron chi connectivity index (χ4n) is 5.29. The maximum Gasteiger partial charge on any atom is 0.270 e. The number of amides is 2. The Bertz CT molecular complexity index is 1390. The van der Waals surface area contributed by atoms with Crippen LogP contribution in [0.25, 0.3) is 5.57 Å². The molecule has 0 spiro atoms. The van der Waals surface area contributed by atoms with Gasteiger partial charge in [0, 0.05) is 23.8 Å². The summed E-state index contributed by atoms with van der Waals surface area (Å²) in [5.74, 6) is -2.15. The molecule has 5 rings (SSSR count). The average Bonchev–Trinajstić information content (AvgIpc) is 3.57. The van der Waals surface area contributed by atoms with E-state index in [1.54, 1.807) is 19.1 Å². The van der Waals surface area contributed by atoms with Crippen LogP contribution in [0.1, 0.15) is 94.5 Å². The number of halogens is 1. The Hall–Kier alpha value is -3.01. The number of sulfonamides is 1. The first-order valence-corrected chi connectivity index (χ1v) is 15.1. The summed E-state index contributed by atoms with van der Waals surface area (Å²) in [6.45, 7) is 3.84. The number of unbranched alkanes of at least 4 members (excludes halogenated alkanes) is 2. The number of benzene rings is 1. The molecule has 2 fully saturated rings. The standard InChI is InChI=1S/C28H35FN4O4S/c1-3-4-5-7-18-10-13-22(23(29)16-18)28(2)17-21(24-14-15-33(31-24)19-8-6-9-19)25(26(34)30-28)27(35)32-38(36,37)20-11-12-20/h10,13-16,19-20H,3-9,11-12,17H2,1-2H3,(H,30,34)(H,32,35)/t28-/m0/s1. The summed E-state index contributed by atoms with van der Waals surface area (Å²) >= 11 is 0. The quantitative estimate of drug-likeness (QED) is 0.344. The van der Waals surface area contributed by atoms with Crippen molar-refractivity contribution in [1.29, 1.82) is 0 Å². The molecular weight excluding hydrogens is 507 g/mol. The highest BCUT2D eigenvalue weighted by Crippen LogP contribution is 2.40. The number of rotatable bonds is 10. The highest BCUT2D eigenvalue weighted by Gasteiger charge is 2.44. The van der Waals surface area contributed by atoms with Crippen molar-refractivity contribution in [2.24, 2.45) is 0 Å². The van der Waals surface area contributed by atoms with Gasteiger partial charge >= 0.3 is 0 Å². The van der Waals surface area contributed by atoms with Gasteiger partial charge in [-0.15, -0.1) is 0 Å². The van der Waals surface area contributed by atoms with Gasteiger partial charge < -0.3 is 5.32 Å². The molecule has 38 heavy (non-hydrogen) atoms. The monoisotopic (exact) mass is 542 g/mol. The van der Waals surface area contributed by atoms with Crippen LogP contribution in [-0.4, -0.2) is 35.3 Å². The third-order valence-electron chi connectivity index (χ3n) is 7.94. The fourth-order valence-corrected chi connectivity index (χ4v) is 6.58. The lowest BCUT2D eigenvalue weighted by molar-refractivity contribution is -0.124. The van der Waals surface area contributed by atoms with Gasteiger partial charge in [0.2, 0.25) is 10.0 Å². The number of nitrogens with zero attached hydrogens (tertiary/aromatic N) is 2. The molecule has 3 aliphatic rings. The molecule has 2 saturated carbocycles. The van der Waals surface area contributed by atoms with E-state index in [9.17, 15) is 18.0 Å². The summed E-state index contributed by atoms with van der Waals surface area (Å²) < 4.78 is 44.4. The summed E-state index contributed by atoms with van der Waals surface area (Å²) in [6.07, 6.45) is 9.88. The van der Waals surface area contributed by atoms with E-state index in [1.165, 1.54) is 6.07 Å². The maximum absolute atomic E-state index is 15.4. The number of carbonyl (C=O) groups is 2. The van der Waals surface area contributed by atoms with Gasteiger partial charge in [-0.05, 0) is 69.6 Å². The van der Waals surface area contributed by atoms with Crippen LogP contribution < -0.4 is 10.0 Å². The Morgan fingerprint density at radius 2 is 1.97 bits per heavy atom. The molecule has 2 aliphatic carbocycles. The molecule has 2 aromatic rings. The van der Waals surface area contributed by atoms with Crippen molar-refractivity contribution in [2.75, 3.05) is 0 Å². The molecular formula is C28H35FN4O4S. The number of hydrogen-bond donors (Lipinski definition) is 2. The van der Waals surface area contributed by atoms with Crippen LogP contribution in [0.2, 0.25) is 0 Å². The van der Waals surface area contributed by atoms with Gasteiger partial charge in [0.25, 0.3) is 11.8 Å². The van der Waals surface area contributed by atoms with E-state index in [0.717, 1.165) is 50.5 Å². The molecule has 2 amide bonds. The fraction of sp³-hybridized carbons (Fsp3) is 0.536. The molecule has 0 bridgehead atoms. The van der Waals surface area contributed by atoms with Crippen LogP contribution in [0, 0.1) is 5.82 Å². The Kier molecular flexibility index (Phi) is 7.19. The number of nitrogens with one attached hydrogen (secondary N) is 2. The van der Waals surface area contributed by atoms with E-state index in [2.05, 4.69) is 22.1 Å². The van der Waals surface area contributed by atoms with Gasteiger partial charge in [-0.25, -0.2) is 17.5 Å². The van der Waals surface area contributed by atoms with Crippen LogP contribution >= 0.6 is 0 Å². The lowest BCUT2D eigenvalue weighted by Gasteiger charge is -2.37. The highest BCUT2D eigenvalue weighted by molar-refractivity contribution is 7.91. The van der Waals surface area contributed by atoms with E-state index in [1.807, 2.05) is 16.9 Å². The van der Waals surface area contributed by atoms with Crippen molar-refractivity contribution >= 4 is 27.4 Å². The van der Waals surface area contributed by atoms with Crippen molar-refractivity contribution in [2.45, 2.75) is 94.9 Å². The minimum atomic E-state index is -3.87. The SMILES string of the molecule is CCCCCc1ccc([C@]2(C)CC(c3ccn(C4CCC4)n3)=C(C(=O)NS(=O)(=O)C3CC3)C(=O)N2)c(F)c1. The zero-order chi connectivity index (χ0) is 27.1. The maximum atomic E-state index is 15.4. The minimum Gasteiger partial charge on any atom is -0.342 e. The molecule has 204 valence electrons. The Morgan fingerprint density at radius 1 is 1.21 bits per heavy atom. The summed E-state index contributed by atoms with van der Waals surface area (Å²) in [7, 11) is -3.87.